The summed E-state index contributed by atoms with van der Waals surface area (Å²) in [7, 11) is 0. The van der Waals surface area contributed by atoms with Crippen LogP contribution in [0.15, 0.2) is 30.3 Å². The Morgan fingerprint density at radius 1 is 1.30 bits per heavy atom. The summed E-state index contributed by atoms with van der Waals surface area (Å²) in [5.74, 6) is -0.250. The second-order valence-electron chi connectivity index (χ2n) is 4.56. The van der Waals surface area contributed by atoms with Gasteiger partial charge < -0.3 is 4.74 Å². The normalized spacial score (nSPS) is 16.2. The predicted molar refractivity (Wildman–Crippen MR) is 76.6 cm³/mol. The molecule has 0 bridgehead atoms. The fourth-order valence-corrected chi connectivity index (χ4v) is 2.41. The van der Waals surface area contributed by atoms with E-state index >= 15 is 0 Å². The molecule has 0 saturated carbocycles. The van der Waals surface area contributed by atoms with Crippen molar-refractivity contribution >= 4 is 28.3 Å². The molecule has 0 atom stereocenters. The van der Waals surface area contributed by atoms with E-state index in [2.05, 4.69) is 10.4 Å². The summed E-state index contributed by atoms with van der Waals surface area (Å²) in [6, 6.07) is 9.34. The van der Waals surface area contributed by atoms with Crippen LogP contribution >= 0.6 is 11.6 Å². The van der Waals surface area contributed by atoms with Gasteiger partial charge in [0.05, 0.1) is 13.2 Å². The molecular formula is C14H14ClN3O2. The van der Waals surface area contributed by atoms with Crippen LogP contribution in [0.2, 0.25) is 5.15 Å². The molecule has 20 heavy (non-hydrogen) atoms. The number of hydrogen-bond acceptors (Lipinski definition) is 4. The van der Waals surface area contributed by atoms with Crippen LogP contribution in [-0.4, -0.2) is 42.2 Å². The predicted octanol–water partition coefficient (Wildman–Crippen LogP) is 1.87. The summed E-state index contributed by atoms with van der Waals surface area (Å²) in [5, 5.41) is 3.92. The van der Waals surface area contributed by atoms with Gasteiger partial charge >= 0.3 is 0 Å². The Kier molecular flexibility index (Phi) is 3.82. The lowest BCUT2D eigenvalue weighted by Gasteiger charge is -2.26. The molecule has 3 rings (SSSR count). The van der Waals surface area contributed by atoms with E-state index in [0.29, 0.717) is 37.2 Å². The number of nitrogens with one attached hydrogen (secondary N) is 1. The molecule has 0 radical (unpaired) electrons. The van der Waals surface area contributed by atoms with Crippen molar-refractivity contribution in [2.24, 2.45) is 0 Å². The third-order valence-corrected chi connectivity index (χ3v) is 3.49. The van der Waals surface area contributed by atoms with E-state index in [1.807, 2.05) is 29.3 Å². The van der Waals surface area contributed by atoms with Crippen molar-refractivity contribution in [1.82, 2.24) is 15.4 Å². The van der Waals surface area contributed by atoms with E-state index < -0.39 is 0 Å². The monoisotopic (exact) mass is 291 g/mol. The van der Waals surface area contributed by atoms with Crippen LogP contribution in [0, 0.1) is 0 Å². The Labute approximate surface area is 121 Å². The molecule has 104 valence electrons. The van der Waals surface area contributed by atoms with Gasteiger partial charge in [-0.1, -0.05) is 35.9 Å². The van der Waals surface area contributed by atoms with Gasteiger partial charge in [0.2, 0.25) is 0 Å². The number of carbonyl (C=O) groups excluding carboxylic acids is 1. The molecule has 1 fully saturated rings. The summed E-state index contributed by atoms with van der Waals surface area (Å²) in [5.41, 5.74) is 3.14. The van der Waals surface area contributed by atoms with Gasteiger partial charge in [0.25, 0.3) is 5.91 Å². The molecule has 1 N–H and O–H groups in total. The number of hydrazine groups is 1. The van der Waals surface area contributed by atoms with Crippen molar-refractivity contribution in [1.29, 1.82) is 0 Å². The van der Waals surface area contributed by atoms with E-state index in [0.717, 1.165) is 10.8 Å². The van der Waals surface area contributed by atoms with Crippen molar-refractivity contribution in [3.63, 3.8) is 0 Å². The highest BCUT2D eigenvalue weighted by Gasteiger charge is 2.16. The van der Waals surface area contributed by atoms with E-state index in [9.17, 15) is 4.79 Å². The summed E-state index contributed by atoms with van der Waals surface area (Å²) in [4.78, 5) is 16.4. The molecule has 0 unspecified atom stereocenters. The van der Waals surface area contributed by atoms with Crippen molar-refractivity contribution < 1.29 is 9.53 Å². The quantitative estimate of drug-likeness (QED) is 0.858. The first-order chi connectivity index (χ1) is 9.74. The molecule has 1 aliphatic rings. The summed E-state index contributed by atoms with van der Waals surface area (Å²) >= 11 is 6.12. The van der Waals surface area contributed by atoms with Crippen LogP contribution < -0.4 is 5.43 Å². The zero-order valence-electron chi connectivity index (χ0n) is 10.8. The molecule has 1 aromatic carbocycles. The molecule has 1 saturated heterocycles. The average molecular weight is 292 g/mol. The molecule has 0 spiro atoms. The Bertz CT molecular complexity index is 641. The zero-order valence-corrected chi connectivity index (χ0v) is 11.6. The smallest absolute Gasteiger partial charge is 0.284 e. The number of rotatable bonds is 2. The zero-order chi connectivity index (χ0) is 13.9. The number of carbonyl (C=O) groups is 1. The first-order valence-electron chi connectivity index (χ1n) is 6.43. The van der Waals surface area contributed by atoms with Crippen molar-refractivity contribution in [2.45, 2.75) is 0 Å². The summed E-state index contributed by atoms with van der Waals surface area (Å²) < 4.78 is 5.23. The van der Waals surface area contributed by atoms with Gasteiger partial charge in [-0.3, -0.25) is 10.2 Å². The highest BCUT2D eigenvalue weighted by Crippen LogP contribution is 2.22. The number of halogens is 1. The van der Waals surface area contributed by atoms with Crippen LogP contribution in [0.4, 0.5) is 0 Å². The Morgan fingerprint density at radius 3 is 2.85 bits per heavy atom. The van der Waals surface area contributed by atoms with Crippen LogP contribution in [0.1, 0.15) is 10.5 Å². The molecule has 1 aliphatic heterocycles. The van der Waals surface area contributed by atoms with Gasteiger partial charge in [0.15, 0.2) is 0 Å². The minimum absolute atomic E-state index is 0.250. The maximum atomic E-state index is 12.2. The second kappa shape index (κ2) is 5.75. The third kappa shape index (κ3) is 2.75. The number of benzene rings is 1. The van der Waals surface area contributed by atoms with Gasteiger partial charge in [-0.15, -0.1) is 0 Å². The fourth-order valence-electron chi connectivity index (χ4n) is 2.15. The molecule has 5 nitrogen and oxygen atoms in total. The lowest BCUT2D eigenvalue weighted by molar-refractivity contribution is 0.0124. The lowest BCUT2D eigenvalue weighted by atomic mass is 10.1. The Hall–Kier alpha value is -1.69. The van der Waals surface area contributed by atoms with Gasteiger partial charge in [-0.2, -0.15) is 0 Å². The molecular weight excluding hydrogens is 278 g/mol. The fraction of sp³-hybridized carbons (Fsp3) is 0.286. The number of amides is 1. The number of pyridine rings is 1. The van der Waals surface area contributed by atoms with Gasteiger partial charge in [-0.25, -0.2) is 9.99 Å². The molecule has 2 heterocycles. The van der Waals surface area contributed by atoms with Gasteiger partial charge in [0, 0.05) is 18.5 Å². The molecule has 1 aromatic heterocycles. The number of hydrogen-bond donors (Lipinski definition) is 1. The van der Waals surface area contributed by atoms with Crippen LogP contribution in [0.3, 0.4) is 0 Å². The lowest BCUT2D eigenvalue weighted by Crippen LogP contribution is -2.48. The topological polar surface area (TPSA) is 54.5 Å². The second-order valence-corrected chi connectivity index (χ2v) is 4.92. The number of morpholine rings is 1. The van der Waals surface area contributed by atoms with E-state index in [-0.39, 0.29) is 5.91 Å². The highest BCUT2D eigenvalue weighted by molar-refractivity contribution is 6.34. The Morgan fingerprint density at radius 2 is 2.05 bits per heavy atom. The minimum atomic E-state index is -0.250. The Balaban J connectivity index is 1.84. The molecule has 0 aliphatic carbocycles. The largest absolute Gasteiger partial charge is 0.379 e. The van der Waals surface area contributed by atoms with E-state index in [4.69, 9.17) is 16.3 Å². The van der Waals surface area contributed by atoms with Crippen LogP contribution in [0.5, 0.6) is 0 Å². The molecule has 1 amide bonds. The van der Waals surface area contributed by atoms with Crippen molar-refractivity contribution in [2.75, 3.05) is 26.3 Å². The summed E-state index contributed by atoms with van der Waals surface area (Å²) in [6.45, 7) is 2.58. The molecule has 2 aromatic rings. The highest BCUT2D eigenvalue weighted by atomic mass is 35.5. The van der Waals surface area contributed by atoms with Crippen molar-refractivity contribution in [3.8, 4) is 0 Å². The van der Waals surface area contributed by atoms with Gasteiger partial charge in [0.1, 0.15) is 10.8 Å². The number of nitrogens with zero attached hydrogens (tertiary/aromatic N) is 2. The average Bonchev–Trinajstić information content (AvgIpc) is 2.48. The minimum Gasteiger partial charge on any atom is -0.379 e. The van der Waals surface area contributed by atoms with Crippen LogP contribution in [-0.2, 0) is 4.74 Å². The third-order valence-electron chi connectivity index (χ3n) is 3.20. The maximum Gasteiger partial charge on any atom is 0.284 e. The standard InChI is InChI=1S/C14H14ClN3O2/c15-13-11-4-2-1-3-10(11)9-12(16-13)14(19)17-18-5-7-20-8-6-18/h1-4,9H,5-8H2,(H,17,19). The summed E-state index contributed by atoms with van der Waals surface area (Å²) in [6.07, 6.45) is 0. The maximum absolute atomic E-state index is 12.2. The van der Waals surface area contributed by atoms with E-state index in [1.165, 1.54) is 0 Å². The number of fused-ring (bicyclic) bond motifs is 1. The number of ether oxygens (including phenoxy) is 1. The van der Waals surface area contributed by atoms with Gasteiger partial charge in [-0.05, 0) is 11.5 Å². The van der Waals surface area contributed by atoms with Crippen molar-refractivity contribution in [3.05, 3.63) is 41.2 Å². The first-order valence-corrected chi connectivity index (χ1v) is 6.81. The van der Waals surface area contributed by atoms with Crippen LogP contribution in [0.25, 0.3) is 10.8 Å². The first kappa shape index (κ1) is 13.3. The SMILES string of the molecule is O=C(NN1CCOCC1)c1cc2ccccc2c(Cl)n1. The number of aromatic nitrogens is 1. The molecule has 6 heteroatoms. The van der Waals surface area contributed by atoms with E-state index in [1.54, 1.807) is 6.07 Å².